The molecule has 0 aliphatic heterocycles. The van der Waals surface area contributed by atoms with Gasteiger partial charge in [0.15, 0.2) is 0 Å². The van der Waals surface area contributed by atoms with E-state index in [1.165, 1.54) is 5.56 Å². The van der Waals surface area contributed by atoms with Gasteiger partial charge < -0.3 is 4.74 Å². The third-order valence-electron chi connectivity index (χ3n) is 2.97. The summed E-state index contributed by atoms with van der Waals surface area (Å²) in [5.41, 5.74) is 1.41. The van der Waals surface area contributed by atoms with Gasteiger partial charge in [-0.3, -0.25) is 0 Å². The average Bonchev–Trinajstić information content (AvgIpc) is 2.29. The van der Waals surface area contributed by atoms with Gasteiger partial charge in [0, 0.05) is 11.2 Å². The third kappa shape index (κ3) is 4.34. The molecule has 0 amide bonds. The van der Waals surface area contributed by atoms with Gasteiger partial charge in [-0.1, -0.05) is 61.8 Å². The van der Waals surface area contributed by atoms with Crippen molar-refractivity contribution in [3.8, 4) is 5.75 Å². The lowest BCUT2D eigenvalue weighted by Gasteiger charge is -2.23. The lowest BCUT2D eigenvalue weighted by atomic mass is 9.86. The van der Waals surface area contributed by atoms with Gasteiger partial charge in [-0.2, -0.15) is 0 Å². The summed E-state index contributed by atoms with van der Waals surface area (Å²) >= 11 is 3.53. The Labute approximate surface area is 114 Å². The summed E-state index contributed by atoms with van der Waals surface area (Å²) in [6.07, 6.45) is 1.14. The van der Waals surface area contributed by atoms with E-state index in [1.54, 1.807) is 0 Å². The number of benzene rings is 1. The quantitative estimate of drug-likeness (QED) is 0.711. The van der Waals surface area contributed by atoms with Crippen molar-refractivity contribution in [1.29, 1.82) is 0 Å². The zero-order valence-electron chi connectivity index (χ0n) is 11.3. The first kappa shape index (κ1) is 14.6. The maximum atomic E-state index is 5.98. The minimum Gasteiger partial charge on any atom is -0.493 e. The first-order chi connectivity index (χ1) is 7.99. The highest BCUT2D eigenvalue weighted by Crippen LogP contribution is 2.31. The molecule has 1 unspecified atom stereocenters. The number of hydrogen-bond acceptors (Lipinski definition) is 1. The van der Waals surface area contributed by atoms with Crippen molar-refractivity contribution < 1.29 is 4.74 Å². The number of para-hydroxylation sites is 1. The number of ether oxygens (including phenoxy) is 1. The Hall–Kier alpha value is -0.500. The fraction of sp³-hybridized carbons (Fsp3) is 0.600. The standard InChI is InChI=1S/C15H23BrO/c1-5-12(10-16)11-17-14-9-7-6-8-13(14)15(2,3)4/h6-9,12H,5,10-11H2,1-4H3. The molecule has 0 radical (unpaired) electrons. The van der Waals surface area contributed by atoms with Gasteiger partial charge in [-0.05, 0) is 23.5 Å². The molecule has 1 rings (SSSR count). The van der Waals surface area contributed by atoms with Crippen LogP contribution >= 0.6 is 15.9 Å². The molecule has 0 fully saturated rings. The molecular formula is C15H23BrO. The van der Waals surface area contributed by atoms with Crippen LogP contribution in [-0.2, 0) is 5.41 Å². The topological polar surface area (TPSA) is 9.23 Å². The second-order valence-corrected chi connectivity index (χ2v) is 6.13. The molecule has 96 valence electrons. The van der Waals surface area contributed by atoms with E-state index in [2.05, 4.69) is 61.8 Å². The minimum atomic E-state index is 0.132. The molecule has 1 atom stereocenters. The van der Waals surface area contributed by atoms with Crippen LogP contribution in [0.5, 0.6) is 5.75 Å². The Balaban J connectivity index is 2.77. The number of alkyl halides is 1. The first-order valence-electron chi connectivity index (χ1n) is 6.27. The van der Waals surface area contributed by atoms with E-state index < -0.39 is 0 Å². The smallest absolute Gasteiger partial charge is 0.123 e. The van der Waals surface area contributed by atoms with Gasteiger partial charge in [0.05, 0.1) is 6.61 Å². The number of hydrogen-bond donors (Lipinski definition) is 0. The molecule has 0 N–H and O–H groups in total. The molecular weight excluding hydrogens is 276 g/mol. The number of rotatable bonds is 5. The molecule has 0 aliphatic rings. The maximum Gasteiger partial charge on any atom is 0.123 e. The van der Waals surface area contributed by atoms with Gasteiger partial charge in [0.2, 0.25) is 0 Å². The molecule has 0 heterocycles. The van der Waals surface area contributed by atoms with Gasteiger partial charge in [0.1, 0.15) is 5.75 Å². The van der Waals surface area contributed by atoms with Crippen molar-refractivity contribution in [2.75, 3.05) is 11.9 Å². The van der Waals surface area contributed by atoms with Crippen LogP contribution in [0.25, 0.3) is 0 Å². The molecule has 0 saturated heterocycles. The summed E-state index contributed by atoms with van der Waals surface area (Å²) in [5, 5.41) is 1.00. The lowest BCUT2D eigenvalue weighted by Crippen LogP contribution is -2.17. The summed E-state index contributed by atoms with van der Waals surface area (Å²) in [6.45, 7) is 9.64. The highest BCUT2D eigenvalue weighted by Gasteiger charge is 2.18. The molecule has 0 saturated carbocycles. The molecule has 0 aromatic heterocycles. The number of halogens is 1. The van der Waals surface area contributed by atoms with Crippen LogP contribution in [-0.4, -0.2) is 11.9 Å². The molecule has 0 aliphatic carbocycles. The summed E-state index contributed by atoms with van der Waals surface area (Å²) in [6, 6.07) is 8.35. The van der Waals surface area contributed by atoms with Crippen LogP contribution in [0.2, 0.25) is 0 Å². The third-order valence-corrected chi connectivity index (χ3v) is 3.88. The SMILES string of the molecule is CCC(CBr)COc1ccccc1C(C)(C)C. The van der Waals surface area contributed by atoms with Crippen molar-refractivity contribution >= 4 is 15.9 Å². The predicted octanol–water partition coefficient (Wildman–Crippen LogP) is 4.78. The molecule has 0 bridgehead atoms. The van der Waals surface area contributed by atoms with Crippen molar-refractivity contribution in [3.05, 3.63) is 29.8 Å². The van der Waals surface area contributed by atoms with Crippen LogP contribution in [0.1, 0.15) is 39.7 Å². The zero-order chi connectivity index (χ0) is 12.9. The lowest BCUT2D eigenvalue weighted by molar-refractivity contribution is 0.254. The van der Waals surface area contributed by atoms with E-state index in [9.17, 15) is 0 Å². The fourth-order valence-corrected chi connectivity index (χ4v) is 2.34. The Morgan fingerprint density at radius 2 is 1.88 bits per heavy atom. The highest BCUT2D eigenvalue weighted by molar-refractivity contribution is 9.09. The second kappa shape index (κ2) is 6.44. The van der Waals surface area contributed by atoms with E-state index in [1.807, 2.05) is 6.07 Å². The van der Waals surface area contributed by atoms with Crippen molar-refractivity contribution in [2.45, 2.75) is 39.5 Å². The van der Waals surface area contributed by atoms with Crippen molar-refractivity contribution in [3.63, 3.8) is 0 Å². The molecule has 1 aromatic carbocycles. The predicted molar refractivity (Wildman–Crippen MR) is 78.2 cm³/mol. The van der Waals surface area contributed by atoms with Crippen LogP contribution in [0, 0.1) is 5.92 Å². The normalized spacial score (nSPS) is 13.5. The first-order valence-corrected chi connectivity index (χ1v) is 7.39. The van der Waals surface area contributed by atoms with E-state index in [0.29, 0.717) is 5.92 Å². The summed E-state index contributed by atoms with van der Waals surface area (Å²) in [5.74, 6) is 1.61. The minimum absolute atomic E-state index is 0.132. The van der Waals surface area contributed by atoms with Gasteiger partial charge in [-0.25, -0.2) is 0 Å². The van der Waals surface area contributed by atoms with Gasteiger partial charge >= 0.3 is 0 Å². The molecule has 1 aromatic rings. The van der Waals surface area contributed by atoms with Crippen LogP contribution < -0.4 is 4.74 Å². The summed E-state index contributed by atoms with van der Waals surface area (Å²) in [4.78, 5) is 0. The largest absolute Gasteiger partial charge is 0.493 e. The maximum absolute atomic E-state index is 5.98. The molecule has 1 nitrogen and oxygen atoms in total. The Morgan fingerprint density at radius 3 is 2.41 bits per heavy atom. The molecule has 0 spiro atoms. The fourth-order valence-electron chi connectivity index (χ4n) is 1.69. The van der Waals surface area contributed by atoms with Crippen molar-refractivity contribution in [1.82, 2.24) is 0 Å². The summed E-state index contributed by atoms with van der Waals surface area (Å²) in [7, 11) is 0. The van der Waals surface area contributed by atoms with E-state index >= 15 is 0 Å². The monoisotopic (exact) mass is 298 g/mol. The van der Waals surface area contributed by atoms with Gasteiger partial charge in [0.25, 0.3) is 0 Å². The highest BCUT2D eigenvalue weighted by atomic mass is 79.9. The van der Waals surface area contributed by atoms with E-state index in [4.69, 9.17) is 4.74 Å². The second-order valence-electron chi connectivity index (χ2n) is 5.49. The summed E-state index contributed by atoms with van der Waals surface area (Å²) < 4.78 is 5.98. The molecule has 17 heavy (non-hydrogen) atoms. The van der Waals surface area contributed by atoms with Crippen LogP contribution in [0.4, 0.5) is 0 Å². The van der Waals surface area contributed by atoms with E-state index in [0.717, 1.165) is 24.1 Å². The van der Waals surface area contributed by atoms with Crippen LogP contribution in [0.3, 0.4) is 0 Å². The average molecular weight is 299 g/mol. The zero-order valence-corrected chi connectivity index (χ0v) is 12.9. The van der Waals surface area contributed by atoms with Gasteiger partial charge in [-0.15, -0.1) is 0 Å². The van der Waals surface area contributed by atoms with Crippen LogP contribution in [0.15, 0.2) is 24.3 Å². The van der Waals surface area contributed by atoms with Crippen molar-refractivity contribution in [2.24, 2.45) is 5.92 Å². The Bertz CT molecular complexity index is 337. The van der Waals surface area contributed by atoms with E-state index in [-0.39, 0.29) is 5.41 Å². The Kier molecular flexibility index (Phi) is 5.51. The Morgan fingerprint density at radius 1 is 1.24 bits per heavy atom. The molecule has 2 heteroatoms.